The number of amides is 1. The first-order valence-electron chi connectivity index (χ1n) is 3.79. The van der Waals surface area contributed by atoms with Crippen LogP contribution >= 0.6 is 0 Å². The molecule has 0 aromatic carbocycles. The number of anilines is 2. The molecular weight excluding hydrogens is 184 g/mol. The third-order valence-corrected chi connectivity index (χ3v) is 1.87. The minimum atomic E-state index is -0.641. The number of carbonyl (C=O) groups is 1. The number of fused-ring (bicyclic) bond motifs is 1. The molecule has 0 aliphatic heterocycles. The summed E-state index contributed by atoms with van der Waals surface area (Å²) in [5.74, 6) is -0.260. The Bertz CT molecular complexity index is 516. The van der Waals surface area contributed by atoms with Gasteiger partial charge in [0.05, 0.1) is 10.9 Å². The van der Waals surface area contributed by atoms with Gasteiger partial charge < -0.3 is 17.2 Å². The molecule has 0 bridgehead atoms. The summed E-state index contributed by atoms with van der Waals surface area (Å²) in [4.78, 5) is 14.8. The van der Waals surface area contributed by atoms with Gasteiger partial charge in [-0.1, -0.05) is 0 Å². The van der Waals surface area contributed by atoms with E-state index in [2.05, 4.69) is 15.2 Å². The maximum Gasteiger partial charge on any atom is 0.252 e. The molecule has 2 aromatic rings. The molecular formula is C7H8N6O. The van der Waals surface area contributed by atoms with E-state index in [0.29, 0.717) is 16.9 Å². The summed E-state index contributed by atoms with van der Waals surface area (Å²) < 4.78 is 0. The maximum absolute atomic E-state index is 10.9. The molecule has 7 nitrogen and oxygen atoms in total. The predicted octanol–water partition coefficient (Wildman–Crippen LogP) is -0.779. The number of rotatable bonds is 1. The molecule has 0 atom stereocenters. The van der Waals surface area contributed by atoms with Crippen LogP contribution in [0.2, 0.25) is 0 Å². The molecule has 2 rings (SSSR count). The molecule has 0 aliphatic carbocycles. The van der Waals surface area contributed by atoms with Gasteiger partial charge >= 0.3 is 0 Å². The molecule has 2 aromatic heterocycles. The number of aromatic nitrogens is 3. The molecule has 0 radical (unpaired) electrons. The van der Waals surface area contributed by atoms with Crippen molar-refractivity contribution in [2.24, 2.45) is 5.73 Å². The molecule has 0 unspecified atom stereocenters. The molecule has 0 spiro atoms. The zero-order valence-electron chi connectivity index (χ0n) is 7.11. The first kappa shape index (κ1) is 8.30. The van der Waals surface area contributed by atoms with Crippen LogP contribution in [0.15, 0.2) is 6.07 Å². The van der Waals surface area contributed by atoms with Crippen LogP contribution in [-0.2, 0) is 0 Å². The van der Waals surface area contributed by atoms with Gasteiger partial charge in [0.1, 0.15) is 11.6 Å². The van der Waals surface area contributed by atoms with Gasteiger partial charge in [-0.15, -0.1) is 0 Å². The zero-order chi connectivity index (χ0) is 10.3. The number of carbonyl (C=O) groups excluding carboxylic acids is 1. The Morgan fingerprint density at radius 2 is 2.14 bits per heavy atom. The third kappa shape index (κ3) is 1.03. The van der Waals surface area contributed by atoms with Crippen LogP contribution in [0, 0.1) is 0 Å². The molecule has 7 heteroatoms. The van der Waals surface area contributed by atoms with E-state index in [1.54, 1.807) is 0 Å². The van der Waals surface area contributed by atoms with Gasteiger partial charge in [-0.25, -0.2) is 4.98 Å². The highest BCUT2D eigenvalue weighted by Gasteiger charge is 2.12. The van der Waals surface area contributed by atoms with E-state index >= 15 is 0 Å². The van der Waals surface area contributed by atoms with Gasteiger partial charge in [-0.3, -0.25) is 9.89 Å². The van der Waals surface area contributed by atoms with E-state index < -0.39 is 5.91 Å². The number of hydrogen-bond donors (Lipinski definition) is 4. The summed E-state index contributed by atoms with van der Waals surface area (Å²) in [6.45, 7) is 0. The Morgan fingerprint density at radius 1 is 1.43 bits per heavy atom. The summed E-state index contributed by atoms with van der Waals surface area (Å²) in [5.41, 5.74) is 16.6. The van der Waals surface area contributed by atoms with E-state index in [-0.39, 0.29) is 11.4 Å². The number of nitrogens with two attached hydrogens (primary N) is 3. The van der Waals surface area contributed by atoms with Crippen LogP contribution < -0.4 is 17.2 Å². The fraction of sp³-hybridized carbons (Fsp3) is 0. The van der Waals surface area contributed by atoms with Crippen LogP contribution in [-0.4, -0.2) is 21.1 Å². The van der Waals surface area contributed by atoms with Crippen LogP contribution in [0.4, 0.5) is 11.6 Å². The number of hydrogen-bond acceptors (Lipinski definition) is 5. The molecule has 0 saturated carbocycles. The van der Waals surface area contributed by atoms with Crippen LogP contribution in [0.5, 0.6) is 0 Å². The second-order valence-electron chi connectivity index (χ2n) is 2.79. The van der Waals surface area contributed by atoms with Crippen molar-refractivity contribution in [2.75, 3.05) is 11.5 Å². The lowest BCUT2D eigenvalue weighted by Gasteiger charge is -1.99. The van der Waals surface area contributed by atoms with E-state index in [9.17, 15) is 4.79 Å². The Kier molecular flexibility index (Phi) is 1.53. The Hall–Kier alpha value is -2.31. The SMILES string of the molecule is NC(=O)c1cc2c(N)[nH]nc2nc1N. The number of nitrogens with one attached hydrogen (secondary N) is 1. The topological polar surface area (TPSA) is 137 Å². The highest BCUT2D eigenvalue weighted by Crippen LogP contribution is 2.20. The highest BCUT2D eigenvalue weighted by molar-refractivity contribution is 6.02. The number of pyridine rings is 1. The zero-order valence-corrected chi connectivity index (χ0v) is 7.11. The second-order valence-corrected chi connectivity index (χ2v) is 2.79. The van der Waals surface area contributed by atoms with Gasteiger partial charge in [-0.05, 0) is 6.07 Å². The lowest BCUT2D eigenvalue weighted by Crippen LogP contribution is -2.14. The summed E-state index contributed by atoms with van der Waals surface area (Å²) in [6.07, 6.45) is 0. The van der Waals surface area contributed by atoms with Crippen molar-refractivity contribution in [3.05, 3.63) is 11.6 Å². The molecule has 7 N–H and O–H groups in total. The number of nitrogens with zero attached hydrogens (tertiary/aromatic N) is 2. The van der Waals surface area contributed by atoms with Crippen molar-refractivity contribution in [1.29, 1.82) is 0 Å². The van der Waals surface area contributed by atoms with Gasteiger partial charge in [0.2, 0.25) is 0 Å². The van der Waals surface area contributed by atoms with Gasteiger partial charge in [0.15, 0.2) is 5.65 Å². The van der Waals surface area contributed by atoms with E-state index in [1.807, 2.05) is 0 Å². The van der Waals surface area contributed by atoms with Gasteiger partial charge in [0.25, 0.3) is 5.91 Å². The Balaban J connectivity index is 2.80. The summed E-state index contributed by atoms with van der Waals surface area (Å²) in [7, 11) is 0. The van der Waals surface area contributed by atoms with Crippen molar-refractivity contribution in [3.8, 4) is 0 Å². The average Bonchev–Trinajstić information content (AvgIpc) is 2.46. The number of primary amides is 1. The second kappa shape index (κ2) is 2.59. The lowest BCUT2D eigenvalue weighted by atomic mass is 10.2. The quantitative estimate of drug-likeness (QED) is 0.469. The molecule has 0 aliphatic rings. The number of nitrogen functional groups attached to an aromatic ring is 2. The third-order valence-electron chi connectivity index (χ3n) is 1.87. The molecule has 1 amide bonds. The standard InChI is InChI=1S/C7H8N6O/c8-4-2(6(10)14)1-3-5(9)12-13-7(3)11-4/h1H,(H2,10,14)(H5,8,9,11,12,13). The first-order valence-corrected chi connectivity index (χ1v) is 3.79. The molecule has 14 heavy (non-hydrogen) atoms. The van der Waals surface area contributed by atoms with Crippen molar-refractivity contribution >= 4 is 28.6 Å². The first-order chi connectivity index (χ1) is 6.59. The number of aromatic amines is 1. The monoisotopic (exact) mass is 192 g/mol. The minimum Gasteiger partial charge on any atom is -0.384 e. The van der Waals surface area contributed by atoms with Crippen molar-refractivity contribution in [1.82, 2.24) is 15.2 Å². The van der Waals surface area contributed by atoms with Crippen LogP contribution in [0.3, 0.4) is 0 Å². The smallest absolute Gasteiger partial charge is 0.252 e. The fourth-order valence-corrected chi connectivity index (χ4v) is 1.17. The van der Waals surface area contributed by atoms with E-state index in [4.69, 9.17) is 17.2 Å². The highest BCUT2D eigenvalue weighted by atomic mass is 16.1. The average molecular weight is 192 g/mol. The Morgan fingerprint density at radius 3 is 2.79 bits per heavy atom. The Labute approximate surface area is 78.3 Å². The fourth-order valence-electron chi connectivity index (χ4n) is 1.17. The van der Waals surface area contributed by atoms with Crippen LogP contribution in [0.1, 0.15) is 10.4 Å². The largest absolute Gasteiger partial charge is 0.384 e. The van der Waals surface area contributed by atoms with Crippen LogP contribution in [0.25, 0.3) is 11.0 Å². The van der Waals surface area contributed by atoms with Gasteiger partial charge in [0, 0.05) is 0 Å². The summed E-state index contributed by atoms with van der Waals surface area (Å²) >= 11 is 0. The maximum atomic E-state index is 10.9. The lowest BCUT2D eigenvalue weighted by molar-refractivity contribution is 0.100. The summed E-state index contributed by atoms with van der Waals surface area (Å²) in [6, 6.07) is 1.47. The van der Waals surface area contributed by atoms with Crippen molar-refractivity contribution in [3.63, 3.8) is 0 Å². The number of H-pyrrole nitrogens is 1. The van der Waals surface area contributed by atoms with Crippen molar-refractivity contribution in [2.45, 2.75) is 0 Å². The van der Waals surface area contributed by atoms with Crippen molar-refractivity contribution < 1.29 is 4.79 Å². The van der Waals surface area contributed by atoms with E-state index in [0.717, 1.165) is 0 Å². The predicted molar refractivity (Wildman–Crippen MR) is 51.2 cm³/mol. The molecule has 0 saturated heterocycles. The molecule has 72 valence electrons. The molecule has 2 heterocycles. The minimum absolute atomic E-state index is 0.0523. The van der Waals surface area contributed by atoms with E-state index in [1.165, 1.54) is 6.07 Å². The van der Waals surface area contributed by atoms with Gasteiger partial charge in [-0.2, -0.15) is 5.10 Å². The normalized spacial score (nSPS) is 10.6. The summed E-state index contributed by atoms with van der Waals surface area (Å²) in [5, 5.41) is 6.85. The molecule has 0 fully saturated rings.